The van der Waals surface area contributed by atoms with Crippen molar-refractivity contribution in [3.8, 4) is 5.75 Å². The van der Waals surface area contributed by atoms with Gasteiger partial charge in [0.1, 0.15) is 5.75 Å². The lowest BCUT2D eigenvalue weighted by Crippen LogP contribution is -2.07. The standard InChI is InChI=1S/C13H15NOS2.ClH/c1-14(2)12-8-16-9-13(12)17-11-6-4-5-10(7-11)15-3;/h4-9H,1-3H3;1H. The van der Waals surface area contributed by atoms with Gasteiger partial charge < -0.3 is 9.64 Å². The number of ether oxygens (including phenoxy) is 1. The van der Waals surface area contributed by atoms with Crippen LogP contribution in [-0.2, 0) is 0 Å². The Morgan fingerprint density at radius 3 is 2.67 bits per heavy atom. The van der Waals surface area contributed by atoms with Gasteiger partial charge in [-0.2, -0.15) is 0 Å². The van der Waals surface area contributed by atoms with Crippen molar-refractivity contribution < 1.29 is 4.74 Å². The summed E-state index contributed by atoms with van der Waals surface area (Å²) >= 11 is 3.50. The molecule has 0 amide bonds. The van der Waals surface area contributed by atoms with Crippen LogP contribution in [0.3, 0.4) is 0 Å². The average Bonchev–Trinajstić information content (AvgIpc) is 2.77. The van der Waals surface area contributed by atoms with Gasteiger partial charge in [0, 0.05) is 34.6 Å². The number of halogens is 1. The molecule has 1 aromatic heterocycles. The number of hydrogen-bond acceptors (Lipinski definition) is 4. The molecular formula is C13H16ClNOS2. The van der Waals surface area contributed by atoms with Crippen LogP contribution in [0.1, 0.15) is 0 Å². The predicted octanol–water partition coefficient (Wildman–Crippen LogP) is 4.40. The lowest BCUT2D eigenvalue weighted by atomic mass is 10.3. The zero-order chi connectivity index (χ0) is 12.3. The maximum absolute atomic E-state index is 5.23. The third-order valence-corrected chi connectivity index (χ3v) is 4.27. The van der Waals surface area contributed by atoms with E-state index >= 15 is 0 Å². The van der Waals surface area contributed by atoms with Crippen LogP contribution in [0.4, 0.5) is 5.69 Å². The van der Waals surface area contributed by atoms with Crippen LogP contribution in [0, 0.1) is 0 Å². The van der Waals surface area contributed by atoms with Crippen molar-refractivity contribution in [2.24, 2.45) is 0 Å². The van der Waals surface area contributed by atoms with Gasteiger partial charge in [-0.1, -0.05) is 17.8 Å². The Balaban J connectivity index is 0.00000162. The van der Waals surface area contributed by atoms with Crippen molar-refractivity contribution in [1.29, 1.82) is 0 Å². The lowest BCUT2D eigenvalue weighted by Gasteiger charge is -2.12. The highest BCUT2D eigenvalue weighted by molar-refractivity contribution is 7.99. The summed E-state index contributed by atoms with van der Waals surface area (Å²) in [6.07, 6.45) is 0. The molecule has 2 nitrogen and oxygen atoms in total. The molecule has 0 aliphatic heterocycles. The van der Waals surface area contributed by atoms with Crippen LogP contribution < -0.4 is 9.64 Å². The number of methoxy groups -OCH3 is 1. The molecule has 2 aromatic rings. The molecule has 98 valence electrons. The Kier molecular flexibility index (Phi) is 5.85. The van der Waals surface area contributed by atoms with E-state index in [1.54, 1.807) is 30.2 Å². The van der Waals surface area contributed by atoms with Crippen LogP contribution in [0.5, 0.6) is 5.75 Å². The largest absolute Gasteiger partial charge is 0.497 e. The van der Waals surface area contributed by atoms with E-state index in [1.165, 1.54) is 15.5 Å². The maximum Gasteiger partial charge on any atom is 0.119 e. The molecule has 18 heavy (non-hydrogen) atoms. The van der Waals surface area contributed by atoms with Gasteiger partial charge in [0.25, 0.3) is 0 Å². The normalized spacial score (nSPS) is 9.72. The first kappa shape index (κ1) is 15.2. The Labute approximate surface area is 122 Å². The number of nitrogens with zero attached hydrogens (tertiary/aromatic N) is 1. The van der Waals surface area contributed by atoms with Crippen LogP contribution >= 0.6 is 35.5 Å². The van der Waals surface area contributed by atoms with Gasteiger partial charge in [-0.25, -0.2) is 0 Å². The fourth-order valence-corrected chi connectivity index (χ4v) is 3.61. The fraction of sp³-hybridized carbons (Fsp3) is 0.231. The molecular weight excluding hydrogens is 286 g/mol. The molecule has 0 aliphatic rings. The molecule has 1 aromatic carbocycles. The minimum Gasteiger partial charge on any atom is -0.497 e. The highest BCUT2D eigenvalue weighted by Crippen LogP contribution is 2.38. The Morgan fingerprint density at radius 2 is 2.00 bits per heavy atom. The lowest BCUT2D eigenvalue weighted by molar-refractivity contribution is 0.413. The number of hydrogen-bond donors (Lipinski definition) is 0. The first-order valence-corrected chi connectivity index (χ1v) is 7.02. The van der Waals surface area contributed by atoms with E-state index in [1.807, 2.05) is 12.1 Å². The van der Waals surface area contributed by atoms with Gasteiger partial charge in [-0.3, -0.25) is 0 Å². The third kappa shape index (κ3) is 3.57. The van der Waals surface area contributed by atoms with Gasteiger partial charge in [-0.15, -0.1) is 23.7 Å². The van der Waals surface area contributed by atoms with Crippen LogP contribution in [0.25, 0.3) is 0 Å². The molecule has 0 spiro atoms. The second-order valence-corrected chi connectivity index (χ2v) is 5.66. The van der Waals surface area contributed by atoms with E-state index in [0.717, 1.165) is 5.75 Å². The number of rotatable bonds is 4. The first-order valence-electron chi connectivity index (χ1n) is 5.26. The van der Waals surface area contributed by atoms with Crippen molar-refractivity contribution in [3.05, 3.63) is 35.0 Å². The van der Waals surface area contributed by atoms with E-state index < -0.39 is 0 Å². The molecule has 0 saturated carbocycles. The molecule has 0 saturated heterocycles. The smallest absolute Gasteiger partial charge is 0.119 e. The molecule has 5 heteroatoms. The summed E-state index contributed by atoms with van der Waals surface area (Å²) in [4.78, 5) is 4.62. The molecule has 0 radical (unpaired) electrons. The van der Waals surface area contributed by atoms with Crippen molar-refractivity contribution >= 4 is 41.2 Å². The summed E-state index contributed by atoms with van der Waals surface area (Å²) in [5.41, 5.74) is 1.27. The van der Waals surface area contributed by atoms with Crippen molar-refractivity contribution in [2.75, 3.05) is 26.1 Å². The number of thiophene rings is 1. The van der Waals surface area contributed by atoms with Gasteiger partial charge in [0.15, 0.2) is 0 Å². The molecule has 1 heterocycles. The highest BCUT2D eigenvalue weighted by atomic mass is 35.5. The fourth-order valence-electron chi connectivity index (χ4n) is 1.47. The minimum absolute atomic E-state index is 0. The zero-order valence-electron chi connectivity index (χ0n) is 10.5. The zero-order valence-corrected chi connectivity index (χ0v) is 13.0. The second-order valence-electron chi connectivity index (χ2n) is 3.80. The second kappa shape index (κ2) is 6.92. The molecule has 0 unspecified atom stereocenters. The molecule has 0 bridgehead atoms. The molecule has 0 fully saturated rings. The van der Waals surface area contributed by atoms with E-state index in [4.69, 9.17) is 4.74 Å². The van der Waals surface area contributed by atoms with Crippen molar-refractivity contribution in [1.82, 2.24) is 0 Å². The Morgan fingerprint density at radius 1 is 1.22 bits per heavy atom. The summed E-state index contributed by atoms with van der Waals surface area (Å²) in [7, 11) is 5.83. The summed E-state index contributed by atoms with van der Waals surface area (Å²) in [5.74, 6) is 0.900. The monoisotopic (exact) mass is 301 g/mol. The molecule has 0 aliphatic carbocycles. The van der Waals surface area contributed by atoms with Crippen LogP contribution in [0.2, 0.25) is 0 Å². The minimum atomic E-state index is 0. The van der Waals surface area contributed by atoms with Gasteiger partial charge in [0.2, 0.25) is 0 Å². The average molecular weight is 302 g/mol. The van der Waals surface area contributed by atoms with E-state index in [-0.39, 0.29) is 12.4 Å². The SMILES string of the molecule is COc1cccc(Sc2cscc2N(C)C)c1.Cl. The van der Waals surface area contributed by atoms with E-state index in [2.05, 4.69) is 41.9 Å². The summed E-state index contributed by atoms with van der Waals surface area (Å²) in [5, 5.41) is 4.35. The van der Waals surface area contributed by atoms with Crippen molar-refractivity contribution in [3.63, 3.8) is 0 Å². The highest BCUT2D eigenvalue weighted by Gasteiger charge is 2.07. The summed E-state index contributed by atoms with van der Waals surface area (Å²) < 4.78 is 5.23. The Bertz CT molecular complexity index is 499. The molecule has 0 N–H and O–H groups in total. The van der Waals surface area contributed by atoms with Crippen LogP contribution in [0.15, 0.2) is 44.8 Å². The van der Waals surface area contributed by atoms with Gasteiger partial charge in [0.05, 0.1) is 12.8 Å². The predicted molar refractivity (Wildman–Crippen MR) is 83.0 cm³/mol. The first-order chi connectivity index (χ1) is 8.20. The van der Waals surface area contributed by atoms with Gasteiger partial charge in [-0.05, 0) is 18.2 Å². The van der Waals surface area contributed by atoms with E-state index in [0.29, 0.717) is 0 Å². The molecule has 2 rings (SSSR count). The number of benzene rings is 1. The summed E-state index contributed by atoms with van der Waals surface area (Å²) in [6.45, 7) is 0. The quantitative estimate of drug-likeness (QED) is 0.831. The molecule has 0 atom stereocenters. The topological polar surface area (TPSA) is 12.5 Å². The van der Waals surface area contributed by atoms with Crippen molar-refractivity contribution in [2.45, 2.75) is 9.79 Å². The number of anilines is 1. The summed E-state index contributed by atoms with van der Waals surface area (Å²) in [6, 6.07) is 8.14. The van der Waals surface area contributed by atoms with Gasteiger partial charge >= 0.3 is 0 Å². The maximum atomic E-state index is 5.23. The Hall–Kier alpha value is -0.840. The van der Waals surface area contributed by atoms with Crippen LogP contribution in [-0.4, -0.2) is 21.2 Å². The van der Waals surface area contributed by atoms with E-state index in [9.17, 15) is 0 Å². The third-order valence-electron chi connectivity index (χ3n) is 2.36.